The molecule has 0 unspecified atom stereocenters. The second-order valence-electron chi connectivity index (χ2n) is 4.87. The van der Waals surface area contributed by atoms with Crippen LogP contribution in [0.3, 0.4) is 0 Å². The average molecular weight is 262 g/mol. The standard InChI is InChI=1S/C14H18N2OS/c15-11-14(7-3-1-2-4-8-14)13(17)16-10-12-6-5-9-18-12/h5-6,9H,1-4,7-8,10H2,(H,16,17). The molecule has 1 aromatic rings. The molecule has 1 fully saturated rings. The molecule has 0 bridgehead atoms. The van der Waals surface area contributed by atoms with Crippen molar-refractivity contribution in [2.45, 2.75) is 45.1 Å². The minimum Gasteiger partial charge on any atom is -0.350 e. The van der Waals surface area contributed by atoms with Crippen LogP contribution in [0.1, 0.15) is 43.4 Å². The van der Waals surface area contributed by atoms with Gasteiger partial charge >= 0.3 is 0 Å². The summed E-state index contributed by atoms with van der Waals surface area (Å²) in [4.78, 5) is 13.4. The predicted octanol–water partition coefficient (Wildman–Crippen LogP) is 3.23. The second kappa shape index (κ2) is 6.01. The van der Waals surface area contributed by atoms with E-state index in [9.17, 15) is 10.1 Å². The van der Waals surface area contributed by atoms with E-state index >= 15 is 0 Å². The Morgan fingerprint density at radius 3 is 2.67 bits per heavy atom. The third kappa shape index (κ3) is 2.91. The minimum absolute atomic E-state index is 0.0831. The molecule has 1 aliphatic rings. The van der Waals surface area contributed by atoms with Gasteiger partial charge in [-0.2, -0.15) is 5.26 Å². The van der Waals surface area contributed by atoms with E-state index in [0.29, 0.717) is 19.4 Å². The highest BCUT2D eigenvalue weighted by molar-refractivity contribution is 7.09. The molecule has 1 N–H and O–H groups in total. The van der Waals surface area contributed by atoms with E-state index in [0.717, 1.165) is 30.6 Å². The van der Waals surface area contributed by atoms with Crippen LogP contribution >= 0.6 is 11.3 Å². The van der Waals surface area contributed by atoms with Crippen LogP contribution in [0, 0.1) is 16.7 Å². The lowest BCUT2D eigenvalue weighted by Gasteiger charge is -2.23. The Balaban J connectivity index is 1.98. The molecule has 1 saturated carbocycles. The molecular weight excluding hydrogens is 244 g/mol. The molecule has 0 radical (unpaired) electrons. The van der Waals surface area contributed by atoms with Gasteiger partial charge in [0.2, 0.25) is 5.91 Å². The number of thiophene rings is 1. The zero-order valence-electron chi connectivity index (χ0n) is 10.4. The molecule has 18 heavy (non-hydrogen) atoms. The van der Waals surface area contributed by atoms with Crippen molar-refractivity contribution in [1.29, 1.82) is 5.26 Å². The third-order valence-electron chi connectivity index (χ3n) is 3.61. The molecule has 3 nitrogen and oxygen atoms in total. The van der Waals surface area contributed by atoms with Gasteiger partial charge in [0.15, 0.2) is 0 Å². The summed E-state index contributed by atoms with van der Waals surface area (Å²) in [6.07, 6.45) is 5.67. The number of carbonyl (C=O) groups excluding carboxylic acids is 1. The number of rotatable bonds is 3. The maximum absolute atomic E-state index is 12.3. The van der Waals surface area contributed by atoms with Crippen LogP contribution in [0.5, 0.6) is 0 Å². The summed E-state index contributed by atoms with van der Waals surface area (Å²) in [5, 5.41) is 14.3. The smallest absolute Gasteiger partial charge is 0.240 e. The van der Waals surface area contributed by atoms with Gasteiger partial charge in [0.25, 0.3) is 0 Å². The minimum atomic E-state index is -0.784. The van der Waals surface area contributed by atoms with Crippen LogP contribution in [0.25, 0.3) is 0 Å². The first-order valence-electron chi connectivity index (χ1n) is 6.49. The summed E-state index contributed by atoms with van der Waals surface area (Å²) >= 11 is 1.62. The molecule has 0 aliphatic heterocycles. The van der Waals surface area contributed by atoms with E-state index in [1.54, 1.807) is 11.3 Å². The fourth-order valence-electron chi connectivity index (χ4n) is 2.47. The Morgan fingerprint density at radius 2 is 2.11 bits per heavy atom. The Morgan fingerprint density at radius 1 is 1.39 bits per heavy atom. The van der Waals surface area contributed by atoms with Gasteiger partial charge in [-0.1, -0.05) is 31.7 Å². The van der Waals surface area contributed by atoms with Gasteiger partial charge in [0.1, 0.15) is 5.41 Å². The Kier molecular flexibility index (Phi) is 4.38. The summed E-state index contributed by atoms with van der Waals surface area (Å²) < 4.78 is 0. The van der Waals surface area contributed by atoms with Gasteiger partial charge in [0, 0.05) is 4.88 Å². The number of hydrogen-bond donors (Lipinski definition) is 1. The van der Waals surface area contributed by atoms with Crippen LogP contribution in [-0.4, -0.2) is 5.91 Å². The number of amides is 1. The first-order valence-corrected chi connectivity index (χ1v) is 7.37. The zero-order valence-corrected chi connectivity index (χ0v) is 11.3. The molecule has 1 aliphatic carbocycles. The van der Waals surface area contributed by atoms with Crippen LogP contribution in [0.4, 0.5) is 0 Å². The number of hydrogen-bond acceptors (Lipinski definition) is 3. The molecule has 1 aromatic heterocycles. The van der Waals surface area contributed by atoms with Gasteiger partial charge in [0.05, 0.1) is 12.6 Å². The molecule has 2 rings (SSSR count). The number of nitrogens with zero attached hydrogens (tertiary/aromatic N) is 1. The topological polar surface area (TPSA) is 52.9 Å². The predicted molar refractivity (Wildman–Crippen MR) is 71.9 cm³/mol. The average Bonchev–Trinajstić information content (AvgIpc) is 2.79. The summed E-state index contributed by atoms with van der Waals surface area (Å²) in [7, 11) is 0. The molecule has 0 saturated heterocycles. The van der Waals surface area contributed by atoms with E-state index in [1.165, 1.54) is 0 Å². The monoisotopic (exact) mass is 262 g/mol. The lowest BCUT2D eigenvalue weighted by molar-refractivity contribution is -0.128. The Bertz CT molecular complexity index is 425. The van der Waals surface area contributed by atoms with Crippen molar-refractivity contribution in [2.24, 2.45) is 5.41 Å². The van der Waals surface area contributed by atoms with Crippen molar-refractivity contribution in [3.05, 3.63) is 22.4 Å². The van der Waals surface area contributed by atoms with Crippen LogP contribution in [-0.2, 0) is 11.3 Å². The van der Waals surface area contributed by atoms with Crippen molar-refractivity contribution in [3.8, 4) is 6.07 Å². The fourth-order valence-corrected chi connectivity index (χ4v) is 3.12. The Labute approximate surface area is 112 Å². The maximum atomic E-state index is 12.3. The number of carbonyl (C=O) groups is 1. The van der Waals surface area contributed by atoms with E-state index in [2.05, 4.69) is 11.4 Å². The summed E-state index contributed by atoms with van der Waals surface area (Å²) in [6, 6.07) is 6.25. The first kappa shape index (κ1) is 13.1. The van der Waals surface area contributed by atoms with Crippen LogP contribution in [0.15, 0.2) is 17.5 Å². The van der Waals surface area contributed by atoms with E-state index < -0.39 is 5.41 Å². The molecular formula is C14H18N2OS. The van der Waals surface area contributed by atoms with Crippen molar-refractivity contribution in [1.82, 2.24) is 5.32 Å². The quantitative estimate of drug-likeness (QED) is 0.850. The lowest BCUT2D eigenvalue weighted by atomic mass is 9.81. The van der Waals surface area contributed by atoms with Crippen molar-refractivity contribution in [2.75, 3.05) is 0 Å². The largest absolute Gasteiger partial charge is 0.350 e. The highest BCUT2D eigenvalue weighted by Gasteiger charge is 2.38. The molecule has 96 valence electrons. The molecule has 4 heteroatoms. The molecule has 0 spiro atoms. The third-order valence-corrected chi connectivity index (χ3v) is 4.49. The van der Waals surface area contributed by atoms with Crippen LogP contribution in [0.2, 0.25) is 0 Å². The van der Waals surface area contributed by atoms with Crippen molar-refractivity contribution < 1.29 is 4.79 Å². The molecule has 0 aromatic carbocycles. The normalized spacial score (nSPS) is 18.6. The first-order chi connectivity index (χ1) is 8.77. The highest BCUT2D eigenvalue weighted by atomic mass is 32.1. The SMILES string of the molecule is N#CC1(C(=O)NCc2cccs2)CCCCCC1. The number of nitrogens with one attached hydrogen (secondary N) is 1. The second-order valence-corrected chi connectivity index (χ2v) is 5.90. The van der Waals surface area contributed by atoms with Gasteiger partial charge < -0.3 is 5.32 Å². The van der Waals surface area contributed by atoms with Gasteiger partial charge in [-0.15, -0.1) is 11.3 Å². The molecule has 1 amide bonds. The van der Waals surface area contributed by atoms with Gasteiger partial charge in [-0.3, -0.25) is 4.79 Å². The van der Waals surface area contributed by atoms with Crippen molar-refractivity contribution >= 4 is 17.2 Å². The fraction of sp³-hybridized carbons (Fsp3) is 0.571. The highest BCUT2D eigenvalue weighted by Crippen LogP contribution is 2.34. The van der Waals surface area contributed by atoms with E-state index in [4.69, 9.17) is 0 Å². The van der Waals surface area contributed by atoms with Crippen molar-refractivity contribution in [3.63, 3.8) is 0 Å². The Hall–Kier alpha value is -1.34. The summed E-state index contributed by atoms with van der Waals surface area (Å²) in [6.45, 7) is 0.542. The van der Waals surface area contributed by atoms with Gasteiger partial charge in [-0.25, -0.2) is 0 Å². The maximum Gasteiger partial charge on any atom is 0.240 e. The van der Waals surface area contributed by atoms with E-state index in [-0.39, 0.29) is 5.91 Å². The molecule has 1 heterocycles. The zero-order chi connectivity index (χ0) is 12.8. The number of nitriles is 1. The lowest BCUT2D eigenvalue weighted by Crippen LogP contribution is -2.39. The van der Waals surface area contributed by atoms with E-state index in [1.807, 2.05) is 17.5 Å². The molecule has 0 atom stereocenters. The summed E-state index contributed by atoms with van der Waals surface area (Å²) in [5.74, 6) is -0.0831. The van der Waals surface area contributed by atoms with Crippen LogP contribution < -0.4 is 5.32 Å². The van der Waals surface area contributed by atoms with Gasteiger partial charge in [-0.05, 0) is 24.3 Å². The summed E-state index contributed by atoms with van der Waals surface area (Å²) in [5.41, 5.74) is -0.784.